The summed E-state index contributed by atoms with van der Waals surface area (Å²) < 4.78 is 4.87. The number of amides is 1. The van der Waals surface area contributed by atoms with E-state index in [-0.39, 0.29) is 11.3 Å². The number of aromatic hydroxyl groups is 1. The number of hydrazone groups is 1. The van der Waals surface area contributed by atoms with Gasteiger partial charge in [0.25, 0.3) is 5.91 Å². The third-order valence-electron chi connectivity index (χ3n) is 2.96. The first-order valence-corrected chi connectivity index (χ1v) is 6.94. The SMILES string of the molecule is COc1cc(C=NNC(=O)c2cccc(Cl)c2)cc([N+](=O)[O-])c1O. The monoisotopic (exact) mass is 349 g/mol. The van der Waals surface area contributed by atoms with Gasteiger partial charge in [-0.05, 0) is 24.3 Å². The maximum absolute atomic E-state index is 11.9. The van der Waals surface area contributed by atoms with Crippen LogP contribution in [0.3, 0.4) is 0 Å². The molecule has 1 amide bonds. The van der Waals surface area contributed by atoms with E-state index in [4.69, 9.17) is 16.3 Å². The van der Waals surface area contributed by atoms with E-state index in [1.54, 1.807) is 18.2 Å². The number of hydrogen-bond donors (Lipinski definition) is 2. The van der Waals surface area contributed by atoms with Gasteiger partial charge in [-0.3, -0.25) is 14.9 Å². The van der Waals surface area contributed by atoms with Crippen molar-refractivity contribution in [3.63, 3.8) is 0 Å². The number of nitrogens with one attached hydrogen (secondary N) is 1. The van der Waals surface area contributed by atoms with Crippen molar-refractivity contribution in [2.75, 3.05) is 7.11 Å². The summed E-state index contributed by atoms with van der Waals surface area (Å²) in [5.74, 6) is -1.15. The predicted molar refractivity (Wildman–Crippen MR) is 87.8 cm³/mol. The number of rotatable bonds is 5. The van der Waals surface area contributed by atoms with Crippen LogP contribution in [0.5, 0.6) is 11.5 Å². The largest absolute Gasteiger partial charge is 0.500 e. The molecule has 0 fully saturated rings. The molecule has 24 heavy (non-hydrogen) atoms. The summed E-state index contributed by atoms with van der Waals surface area (Å²) in [6.45, 7) is 0. The third kappa shape index (κ3) is 3.99. The molecule has 2 aromatic carbocycles. The number of carbonyl (C=O) groups is 1. The van der Waals surface area contributed by atoms with Gasteiger partial charge in [0.2, 0.25) is 5.75 Å². The molecule has 0 radical (unpaired) electrons. The van der Waals surface area contributed by atoms with Crippen LogP contribution in [-0.2, 0) is 0 Å². The Labute approximate surface area is 141 Å². The second-order valence-corrected chi connectivity index (χ2v) is 4.99. The van der Waals surface area contributed by atoms with E-state index in [1.807, 2.05) is 0 Å². The first-order chi connectivity index (χ1) is 11.4. The lowest BCUT2D eigenvalue weighted by Gasteiger charge is -2.05. The Morgan fingerprint density at radius 1 is 1.42 bits per heavy atom. The molecule has 0 aliphatic heterocycles. The number of nitro benzene ring substituents is 1. The van der Waals surface area contributed by atoms with Crippen molar-refractivity contribution in [3.05, 3.63) is 62.7 Å². The number of nitro groups is 1. The van der Waals surface area contributed by atoms with Crippen molar-refractivity contribution in [1.29, 1.82) is 0 Å². The van der Waals surface area contributed by atoms with Crippen LogP contribution in [-0.4, -0.2) is 29.3 Å². The summed E-state index contributed by atoms with van der Waals surface area (Å²) in [4.78, 5) is 22.0. The molecule has 0 saturated heterocycles. The molecule has 0 aromatic heterocycles. The van der Waals surface area contributed by atoms with Gasteiger partial charge in [0.1, 0.15) is 0 Å². The lowest BCUT2D eigenvalue weighted by Crippen LogP contribution is -2.17. The molecule has 0 saturated carbocycles. The van der Waals surface area contributed by atoms with Crippen molar-refractivity contribution in [3.8, 4) is 11.5 Å². The number of ether oxygens (including phenoxy) is 1. The van der Waals surface area contributed by atoms with Crippen LogP contribution in [0.25, 0.3) is 0 Å². The molecule has 0 spiro atoms. The summed E-state index contributed by atoms with van der Waals surface area (Å²) in [5, 5.41) is 24.7. The number of phenols is 1. The normalized spacial score (nSPS) is 10.6. The van der Waals surface area contributed by atoms with Gasteiger partial charge in [0.15, 0.2) is 5.75 Å². The number of nitrogens with zero attached hydrogens (tertiary/aromatic N) is 2. The van der Waals surface area contributed by atoms with Crippen LogP contribution >= 0.6 is 11.6 Å². The van der Waals surface area contributed by atoms with E-state index in [0.717, 1.165) is 6.07 Å². The van der Waals surface area contributed by atoms with Crippen molar-refractivity contribution < 1.29 is 19.6 Å². The molecule has 0 unspecified atom stereocenters. The molecule has 2 rings (SSSR count). The van der Waals surface area contributed by atoms with Gasteiger partial charge in [-0.2, -0.15) is 5.10 Å². The van der Waals surface area contributed by atoms with Gasteiger partial charge >= 0.3 is 5.69 Å². The number of halogens is 1. The average molecular weight is 350 g/mol. The van der Waals surface area contributed by atoms with E-state index in [2.05, 4.69) is 10.5 Å². The van der Waals surface area contributed by atoms with Crippen LogP contribution in [0, 0.1) is 10.1 Å². The molecule has 2 aromatic rings. The van der Waals surface area contributed by atoms with Crippen LogP contribution in [0.1, 0.15) is 15.9 Å². The Morgan fingerprint density at radius 3 is 2.79 bits per heavy atom. The number of benzene rings is 2. The van der Waals surface area contributed by atoms with Crippen LogP contribution in [0.4, 0.5) is 5.69 Å². The number of hydrogen-bond acceptors (Lipinski definition) is 6. The Morgan fingerprint density at radius 2 is 2.17 bits per heavy atom. The summed E-state index contributed by atoms with van der Waals surface area (Å²) in [7, 11) is 1.26. The molecular formula is C15H12ClN3O5. The highest BCUT2D eigenvalue weighted by Crippen LogP contribution is 2.36. The van der Waals surface area contributed by atoms with Gasteiger partial charge < -0.3 is 9.84 Å². The molecule has 0 bridgehead atoms. The Balaban J connectivity index is 2.18. The zero-order valence-electron chi connectivity index (χ0n) is 12.4. The fourth-order valence-electron chi connectivity index (χ4n) is 1.84. The minimum Gasteiger partial charge on any atom is -0.500 e. The summed E-state index contributed by atoms with van der Waals surface area (Å²) in [5.41, 5.74) is 2.32. The standard InChI is InChI=1S/C15H12ClN3O5/c1-24-13-6-9(5-12(14(13)20)19(22)23)8-17-18-15(21)10-3-2-4-11(16)7-10/h2-8,20H,1H3,(H,18,21). The van der Waals surface area contributed by atoms with Crippen molar-refractivity contribution in [2.45, 2.75) is 0 Å². The van der Waals surface area contributed by atoms with E-state index >= 15 is 0 Å². The minimum absolute atomic E-state index is 0.0770. The van der Waals surface area contributed by atoms with Crippen LogP contribution in [0.2, 0.25) is 5.02 Å². The number of methoxy groups -OCH3 is 1. The topological polar surface area (TPSA) is 114 Å². The highest BCUT2D eigenvalue weighted by Gasteiger charge is 2.19. The molecule has 0 aliphatic rings. The van der Waals surface area contributed by atoms with Crippen LogP contribution < -0.4 is 10.2 Å². The van der Waals surface area contributed by atoms with Gasteiger partial charge in [-0.1, -0.05) is 17.7 Å². The van der Waals surface area contributed by atoms with Crippen molar-refractivity contribution >= 4 is 29.4 Å². The number of phenolic OH excluding ortho intramolecular Hbond substituents is 1. The predicted octanol–water partition coefficient (Wildman–Crippen LogP) is 2.73. The lowest BCUT2D eigenvalue weighted by molar-refractivity contribution is -0.386. The zero-order chi connectivity index (χ0) is 17.7. The maximum Gasteiger partial charge on any atom is 0.315 e. The molecule has 0 atom stereocenters. The van der Waals surface area contributed by atoms with Crippen LogP contribution in [0.15, 0.2) is 41.5 Å². The third-order valence-corrected chi connectivity index (χ3v) is 3.20. The quantitative estimate of drug-likeness (QED) is 0.489. The van der Waals surface area contributed by atoms with Gasteiger partial charge in [0.05, 0.1) is 18.2 Å². The molecule has 2 N–H and O–H groups in total. The fraction of sp³-hybridized carbons (Fsp3) is 0.0667. The van der Waals surface area contributed by atoms with Gasteiger partial charge in [0, 0.05) is 22.2 Å². The molecule has 8 nitrogen and oxygen atoms in total. The number of carbonyl (C=O) groups excluding carboxylic acids is 1. The van der Waals surface area contributed by atoms with E-state index in [0.29, 0.717) is 10.6 Å². The molecule has 0 aliphatic carbocycles. The lowest BCUT2D eigenvalue weighted by atomic mass is 10.2. The van der Waals surface area contributed by atoms with Gasteiger partial charge in [-0.15, -0.1) is 0 Å². The van der Waals surface area contributed by atoms with E-state index in [9.17, 15) is 20.0 Å². The Bertz CT molecular complexity index is 823. The summed E-state index contributed by atoms with van der Waals surface area (Å²) in [6.07, 6.45) is 1.19. The fourth-order valence-corrected chi connectivity index (χ4v) is 2.03. The summed E-state index contributed by atoms with van der Waals surface area (Å²) in [6, 6.07) is 8.73. The molecule has 124 valence electrons. The van der Waals surface area contributed by atoms with Crippen molar-refractivity contribution in [2.24, 2.45) is 5.10 Å². The second kappa shape index (κ2) is 7.42. The molecular weight excluding hydrogens is 338 g/mol. The minimum atomic E-state index is -0.750. The Kier molecular flexibility index (Phi) is 5.33. The van der Waals surface area contributed by atoms with E-state index in [1.165, 1.54) is 25.5 Å². The second-order valence-electron chi connectivity index (χ2n) is 4.56. The van der Waals surface area contributed by atoms with E-state index < -0.39 is 22.3 Å². The van der Waals surface area contributed by atoms with Gasteiger partial charge in [-0.25, -0.2) is 5.43 Å². The highest BCUT2D eigenvalue weighted by molar-refractivity contribution is 6.30. The average Bonchev–Trinajstić information content (AvgIpc) is 2.55. The first kappa shape index (κ1) is 17.2. The molecule has 9 heteroatoms. The zero-order valence-corrected chi connectivity index (χ0v) is 13.1. The smallest absolute Gasteiger partial charge is 0.315 e. The maximum atomic E-state index is 11.9. The summed E-state index contributed by atoms with van der Waals surface area (Å²) >= 11 is 5.79. The first-order valence-electron chi connectivity index (χ1n) is 6.56. The van der Waals surface area contributed by atoms with Crippen molar-refractivity contribution in [1.82, 2.24) is 5.43 Å². The molecule has 0 heterocycles. The Hall–Kier alpha value is -3.13. The highest BCUT2D eigenvalue weighted by atomic mass is 35.5.